The number of ether oxygens (including phenoxy) is 4. The molecule has 0 radical (unpaired) electrons. The molecular formula is C59H98O9. The predicted octanol–water partition coefficient (Wildman–Crippen LogP) is 13.7. The summed E-state index contributed by atoms with van der Waals surface area (Å²) in [7, 11) is 0. The molecule has 1 saturated heterocycles. The smallest absolute Gasteiger partial charge is 0.306 e. The summed E-state index contributed by atoms with van der Waals surface area (Å²) >= 11 is 0. The van der Waals surface area contributed by atoms with E-state index in [4.69, 9.17) is 18.9 Å². The van der Waals surface area contributed by atoms with Crippen molar-refractivity contribution in [3.05, 3.63) is 109 Å². The normalized spacial score (nSPS) is 20.0. The van der Waals surface area contributed by atoms with Gasteiger partial charge < -0.3 is 39.4 Å². The van der Waals surface area contributed by atoms with Gasteiger partial charge >= 0.3 is 5.97 Å². The second kappa shape index (κ2) is 48.9. The van der Waals surface area contributed by atoms with Crippen molar-refractivity contribution < 1.29 is 44.2 Å². The molecule has 1 heterocycles. The Morgan fingerprint density at radius 1 is 0.485 bits per heavy atom. The van der Waals surface area contributed by atoms with Crippen LogP contribution in [0.4, 0.5) is 0 Å². The summed E-state index contributed by atoms with van der Waals surface area (Å²) < 4.78 is 22.8. The van der Waals surface area contributed by atoms with E-state index in [-0.39, 0.29) is 19.6 Å². The molecule has 1 aliphatic rings. The zero-order valence-electron chi connectivity index (χ0n) is 42.8. The van der Waals surface area contributed by atoms with Crippen LogP contribution in [0.1, 0.15) is 194 Å². The Morgan fingerprint density at radius 2 is 0.897 bits per heavy atom. The summed E-state index contributed by atoms with van der Waals surface area (Å²) in [5.41, 5.74) is 0. The van der Waals surface area contributed by atoms with Gasteiger partial charge in [-0.05, 0) is 89.9 Å². The molecule has 0 saturated carbocycles. The summed E-state index contributed by atoms with van der Waals surface area (Å²) in [5.74, 6) is -0.399. The fraction of sp³-hybridized carbons (Fsp3) is 0.678. The van der Waals surface area contributed by atoms with Crippen LogP contribution in [0, 0.1) is 0 Å². The first-order valence-electron chi connectivity index (χ1n) is 27.0. The lowest BCUT2D eigenvalue weighted by Crippen LogP contribution is -2.59. The fourth-order valence-corrected chi connectivity index (χ4v) is 7.52. The maximum atomic E-state index is 12.8. The second-order valence-electron chi connectivity index (χ2n) is 17.9. The van der Waals surface area contributed by atoms with Gasteiger partial charge in [-0.3, -0.25) is 4.79 Å². The highest BCUT2D eigenvalue weighted by Gasteiger charge is 2.44. The van der Waals surface area contributed by atoms with Crippen LogP contribution in [-0.2, 0) is 23.7 Å². The van der Waals surface area contributed by atoms with E-state index in [1.807, 2.05) is 12.2 Å². The van der Waals surface area contributed by atoms with Crippen molar-refractivity contribution in [2.75, 3.05) is 26.4 Å². The maximum absolute atomic E-state index is 12.8. The van der Waals surface area contributed by atoms with E-state index in [1.54, 1.807) is 0 Å². The molecule has 1 aliphatic heterocycles. The number of esters is 1. The monoisotopic (exact) mass is 951 g/mol. The first-order valence-corrected chi connectivity index (χ1v) is 27.0. The number of carbonyl (C=O) groups excluding carboxylic acids is 1. The van der Waals surface area contributed by atoms with E-state index in [0.717, 1.165) is 70.6 Å². The molecule has 1 rings (SSSR count). The Hall–Kier alpha value is -3.15. The number of aliphatic hydroxyl groups excluding tert-OH is 4. The minimum Gasteiger partial charge on any atom is -0.457 e. The molecule has 68 heavy (non-hydrogen) atoms. The molecule has 4 N–H and O–H groups in total. The number of hydrogen-bond acceptors (Lipinski definition) is 9. The molecule has 9 nitrogen and oxygen atoms in total. The number of aliphatic hydroxyl groups is 4. The van der Waals surface area contributed by atoms with Crippen molar-refractivity contribution in [2.24, 2.45) is 0 Å². The Labute approximate surface area is 414 Å². The van der Waals surface area contributed by atoms with Crippen molar-refractivity contribution in [3.8, 4) is 0 Å². The summed E-state index contributed by atoms with van der Waals surface area (Å²) in [6, 6.07) is 0. The fourth-order valence-electron chi connectivity index (χ4n) is 7.52. The zero-order valence-corrected chi connectivity index (χ0v) is 42.8. The Kier molecular flexibility index (Phi) is 45.2. The maximum Gasteiger partial charge on any atom is 0.306 e. The van der Waals surface area contributed by atoms with E-state index in [0.29, 0.717) is 13.0 Å². The Balaban J connectivity index is 2.23. The summed E-state index contributed by atoms with van der Waals surface area (Å²) in [4.78, 5) is 12.8. The van der Waals surface area contributed by atoms with Crippen LogP contribution in [0.25, 0.3) is 0 Å². The quantitative estimate of drug-likeness (QED) is 0.0267. The van der Waals surface area contributed by atoms with Crippen LogP contribution in [-0.4, -0.2) is 89.6 Å². The van der Waals surface area contributed by atoms with Gasteiger partial charge in [-0.1, -0.05) is 207 Å². The van der Waals surface area contributed by atoms with E-state index in [1.165, 1.54) is 96.3 Å². The van der Waals surface area contributed by atoms with Crippen LogP contribution in [0.2, 0.25) is 0 Å². The molecule has 6 atom stereocenters. The van der Waals surface area contributed by atoms with Crippen LogP contribution in [0.15, 0.2) is 109 Å². The van der Waals surface area contributed by atoms with Gasteiger partial charge in [0.1, 0.15) is 30.5 Å². The number of carbonyl (C=O) groups is 1. The highest BCUT2D eigenvalue weighted by atomic mass is 16.7. The highest BCUT2D eigenvalue weighted by molar-refractivity contribution is 5.69. The van der Waals surface area contributed by atoms with Gasteiger partial charge in [-0.25, -0.2) is 0 Å². The van der Waals surface area contributed by atoms with E-state index < -0.39 is 49.4 Å². The Bertz CT molecular complexity index is 1410. The largest absolute Gasteiger partial charge is 0.457 e. The average Bonchev–Trinajstić information content (AvgIpc) is 3.34. The first-order chi connectivity index (χ1) is 33.4. The Morgan fingerprint density at radius 3 is 1.35 bits per heavy atom. The van der Waals surface area contributed by atoms with Gasteiger partial charge in [-0.2, -0.15) is 0 Å². The van der Waals surface area contributed by atoms with E-state index in [9.17, 15) is 25.2 Å². The van der Waals surface area contributed by atoms with Crippen LogP contribution in [0.5, 0.6) is 0 Å². The lowest BCUT2D eigenvalue weighted by Gasteiger charge is -2.39. The molecule has 0 aromatic rings. The third kappa shape index (κ3) is 38.7. The zero-order chi connectivity index (χ0) is 49.2. The van der Waals surface area contributed by atoms with Crippen LogP contribution < -0.4 is 0 Å². The second-order valence-corrected chi connectivity index (χ2v) is 17.9. The third-order valence-corrected chi connectivity index (χ3v) is 11.7. The number of hydrogen-bond donors (Lipinski definition) is 4. The molecular weight excluding hydrogens is 853 g/mol. The lowest BCUT2D eigenvalue weighted by molar-refractivity contribution is -0.305. The van der Waals surface area contributed by atoms with Crippen molar-refractivity contribution in [1.82, 2.24) is 0 Å². The SMILES string of the molecule is CC/C=C\C/C=C\C/C=C\C/C=C\C/C=C\C/C=C\CCC(=O)OC(COCCCCCCCCCCCCC/C=C\C/C=C\C/C=C\CCCCCCC)COC1OC(CO)C(O)C(O)C1O. The van der Waals surface area contributed by atoms with Crippen molar-refractivity contribution in [2.45, 2.75) is 230 Å². The summed E-state index contributed by atoms with van der Waals surface area (Å²) in [6.07, 6.45) is 62.8. The van der Waals surface area contributed by atoms with Crippen LogP contribution >= 0.6 is 0 Å². The molecule has 1 fully saturated rings. The average molecular weight is 951 g/mol. The van der Waals surface area contributed by atoms with Gasteiger partial charge in [0.15, 0.2) is 6.29 Å². The summed E-state index contributed by atoms with van der Waals surface area (Å²) in [5, 5.41) is 40.3. The van der Waals surface area contributed by atoms with Gasteiger partial charge in [0.2, 0.25) is 0 Å². The summed E-state index contributed by atoms with van der Waals surface area (Å²) in [6.45, 7) is 4.33. The molecule has 6 unspecified atom stereocenters. The predicted molar refractivity (Wildman–Crippen MR) is 283 cm³/mol. The number of rotatable bonds is 45. The molecule has 0 aliphatic carbocycles. The van der Waals surface area contributed by atoms with E-state index in [2.05, 4.69) is 111 Å². The minimum atomic E-state index is -1.56. The third-order valence-electron chi connectivity index (χ3n) is 11.7. The van der Waals surface area contributed by atoms with Gasteiger partial charge in [-0.15, -0.1) is 0 Å². The highest BCUT2D eigenvalue weighted by Crippen LogP contribution is 2.22. The first kappa shape index (κ1) is 62.9. The molecule has 0 spiro atoms. The van der Waals surface area contributed by atoms with Crippen molar-refractivity contribution >= 4 is 5.97 Å². The van der Waals surface area contributed by atoms with E-state index >= 15 is 0 Å². The standard InChI is InChI=1S/C59H98O9/c1-3-5-7-9-11-13-15-17-19-21-23-24-25-26-27-28-29-31-33-35-37-39-41-43-45-47-49-65-51-53(52-66-59-58(64)57(63)56(62)54(50-60)68-59)67-55(61)48-46-44-42-40-38-36-34-32-30-22-20-18-16-14-12-10-8-6-4-2/h6,8,12,14-15,17-18,20-21,23,25-26,30,32,36,38,42,44,53-54,56-60,62-64H,3-5,7,9-11,13,16,19,22,24,27-29,31,33-35,37,39-41,43,45-52H2,1-2H3/b8-6-,14-12-,17-15-,20-18-,23-21-,26-25-,32-30-,38-36-,44-42-. The molecule has 0 aromatic heterocycles. The lowest BCUT2D eigenvalue weighted by atomic mass is 9.99. The van der Waals surface area contributed by atoms with Crippen LogP contribution in [0.3, 0.4) is 0 Å². The molecule has 0 bridgehead atoms. The van der Waals surface area contributed by atoms with Gasteiger partial charge in [0, 0.05) is 13.0 Å². The molecule has 9 heteroatoms. The molecule has 388 valence electrons. The molecule has 0 amide bonds. The van der Waals surface area contributed by atoms with Gasteiger partial charge in [0.25, 0.3) is 0 Å². The molecule has 0 aromatic carbocycles. The van der Waals surface area contributed by atoms with Crippen molar-refractivity contribution in [1.29, 1.82) is 0 Å². The van der Waals surface area contributed by atoms with Crippen molar-refractivity contribution in [3.63, 3.8) is 0 Å². The van der Waals surface area contributed by atoms with Gasteiger partial charge in [0.05, 0.1) is 19.8 Å². The topological polar surface area (TPSA) is 135 Å². The number of unbranched alkanes of at least 4 members (excludes halogenated alkanes) is 16. The number of allylic oxidation sites excluding steroid dienone is 18. The minimum absolute atomic E-state index is 0.105.